The first-order valence-corrected chi connectivity index (χ1v) is 8.67. The van der Waals surface area contributed by atoms with Gasteiger partial charge in [-0.25, -0.2) is 14.5 Å². The van der Waals surface area contributed by atoms with Crippen LogP contribution in [0.4, 0.5) is 0 Å². The van der Waals surface area contributed by atoms with E-state index in [0.29, 0.717) is 29.8 Å². The van der Waals surface area contributed by atoms with Crippen molar-refractivity contribution in [2.45, 2.75) is 6.42 Å². The van der Waals surface area contributed by atoms with Crippen molar-refractivity contribution in [3.8, 4) is 0 Å². The molecule has 0 unspecified atom stereocenters. The minimum Gasteiger partial charge on any atom is -0.404 e. The van der Waals surface area contributed by atoms with Crippen LogP contribution in [0.1, 0.15) is 17.0 Å². The Balaban J connectivity index is 1.68. The number of carbonyl (C=O) groups excluding carboxylic acids is 1. The molecule has 8 nitrogen and oxygen atoms in total. The standard InChI is InChI=1S/C20H17N7O/c21-10-16(11-22-6-7-28)19-13-25-20-24-12-17(27(20)26-19)9-14-3-4-18-15(8-14)2-1-5-23-18/h1-5,7-8,10-13H,6,9,21H2. The zero-order valence-electron chi connectivity index (χ0n) is 14.9. The molecule has 4 aromatic rings. The Bertz CT molecular complexity index is 1210. The molecule has 0 aliphatic carbocycles. The van der Waals surface area contributed by atoms with E-state index in [4.69, 9.17) is 5.73 Å². The molecule has 1 aromatic carbocycles. The molecule has 0 aliphatic heterocycles. The Morgan fingerprint density at radius 2 is 2.07 bits per heavy atom. The van der Waals surface area contributed by atoms with Gasteiger partial charge in [0.1, 0.15) is 12.0 Å². The van der Waals surface area contributed by atoms with Gasteiger partial charge in [-0.1, -0.05) is 12.1 Å². The summed E-state index contributed by atoms with van der Waals surface area (Å²) < 4.78 is 1.69. The molecule has 0 saturated heterocycles. The molecule has 8 heteroatoms. The number of pyridine rings is 1. The first kappa shape index (κ1) is 17.5. The van der Waals surface area contributed by atoms with Gasteiger partial charge in [-0.15, -0.1) is 0 Å². The number of imidazole rings is 1. The van der Waals surface area contributed by atoms with Crippen LogP contribution >= 0.6 is 0 Å². The number of aliphatic imine (C=N–C) groups is 1. The second kappa shape index (κ2) is 7.75. The summed E-state index contributed by atoms with van der Waals surface area (Å²) in [5.74, 6) is 0.502. The third-order valence-electron chi connectivity index (χ3n) is 4.24. The van der Waals surface area contributed by atoms with Crippen molar-refractivity contribution in [3.05, 3.63) is 72.1 Å². The minimum atomic E-state index is 0.0696. The Labute approximate surface area is 160 Å². The average Bonchev–Trinajstić information content (AvgIpc) is 3.13. The van der Waals surface area contributed by atoms with Crippen molar-refractivity contribution in [1.29, 1.82) is 0 Å². The Morgan fingerprint density at radius 3 is 2.93 bits per heavy atom. The Hall–Kier alpha value is -3.94. The number of carbonyl (C=O) groups is 1. The van der Waals surface area contributed by atoms with Gasteiger partial charge in [0.05, 0.1) is 30.1 Å². The molecule has 3 heterocycles. The third-order valence-corrected chi connectivity index (χ3v) is 4.24. The first-order valence-electron chi connectivity index (χ1n) is 8.67. The quantitative estimate of drug-likeness (QED) is 0.409. The number of hydrogen-bond donors (Lipinski definition) is 1. The number of hydrogen-bond acceptors (Lipinski definition) is 7. The van der Waals surface area contributed by atoms with Crippen LogP contribution in [0.25, 0.3) is 22.3 Å². The van der Waals surface area contributed by atoms with Gasteiger partial charge in [0.2, 0.25) is 0 Å². The van der Waals surface area contributed by atoms with E-state index in [-0.39, 0.29) is 6.54 Å². The van der Waals surface area contributed by atoms with E-state index >= 15 is 0 Å². The molecule has 3 aromatic heterocycles. The molecule has 4 rings (SSSR count). The number of benzene rings is 1. The fourth-order valence-electron chi connectivity index (χ4n) is 2.91. The summed E-state index contributed by atoms with van der Waals surface area (Å²) in [5.41, 5.74) is 9.78. The zero-order valence-corrected chi connectivity index (χ0v) is 14.9. The van der Waals surface area contributed by atoms with Gasteiger partial charge < -0.3 is 10.5 Å². The Morgan fingerprint density at radius 1 is 1.18 bits per heavy atom. The van der Waals surface area contributed by atoms with Crippen LogP contribution in [-0.2, 0) is 11.2 Å². The van der Waals surface area contributed by atoms with Gasteiger partial charge in [-0.05, 0) is 23.8 Å². The minimum absolute atomic E-state index is 0.0696. The molecule has 0 aliphatic rings. The highest BCUT2D eigenvalue weighted by Crippen LogP contribution is 2.17. The summed E-state index contributed by atoms with van der Waals surface area (Å²) in [6, 6.07) is 10.1. The number of nitrogens with zero attached hydrogens (tertiary/aromatic N) is 6. The van der Waals surface area contributed by atoms with Crippen molar-refractivity contribution in [1.82, 2.24) is 24.6 Å². The highest BCUT2D eigenvalue weighted by Gasteiger charge is 2.10. The highest BCUT2D eigenvalue weighted by atomic mass is 16.1. The van der Waals surface area contributed by atoms with Crippen LogP contribution in [0.2, 0.25) is 0 Å². The summed E-state index contributed by atoms with van der Waals surface area (Å²) in [7, 11) is 0. The van der Waals surface area contributed by atoms with Crippen molar-refractivity contribution in [3.63, 3.8) is 0 Å². The summed E-state index contributed by atoms with van der Waals surface area (Å²) in [5, 5.41) is 5.68. The summed E-state index contributed by atoms with van der Waals surface area (Å²) in [6.45, 7) is 0.0696. The normalized spacial score (nSPS) is 12.2. The summed E-state index contributed by atoms with van der Waals surface area (Å²) >= 11 is 0. The lowest BCUT2D eigenvalue weighted by molar-refractivity contribution is -0.106. The van der Waals surface area contributed by atoms with Gasteiger partial charge in [-0.2, -0.15) is 5.10 Å². The van der Waals surface area contributed by atoms with E-state index in [1.165, 1.54) is 12.4 Å². The summed E-state index contributed by atoms with van der Waals surface area (Å²) in [6.07, 6.45) is 9.38. The summed E-state index contributed by atoms with van der Waals surface area (Å²) in [4.78, 5) is 27.4. The number of aromatic nitrogens is 5. The molecule has 0 saturated carbocycles. The van der Waals surface area contributed by atoms with E-state index in [1.54, 1.807) is 23.1 Å². The predicted molar refractivity (Wildman–Crippen MR) is 107 cm³/mol. The number of nitrogens with two attached hydrogens (primary N) is 1. The molecule has 0 spiro atoms. The van der Waals surface area contributed by atoms with Crippen LogP contribution in [0.5, 0.6) is 0 Å². The topological polar surface area (TPSA) is 111 Å². The van der Waals surface area contributed by atoms with Crippen LogP contribution in [-0.4, -0.2) is 43.6 Å². The fourth-order valence-corrected chi connectivity index (χ4v) is 2.91. The molecule has 0 bridgehead atoms. The van der Waals surface area contributed by atoms with E-state index in [2.05, 4.69) is 31.1 Å². The van der Waals surface area contributed by atoms with Gasteiger partial charge >= 0.3 is 0 Å². The molecular formula is C20H17N7O. The third kappa shape index (κ3) is 3.48. The second-order valence-electron chi connectivity index (χ2n) is 6.09. The van der Waals surface area contributed by atoms with Gasteiger partial charge in [0.25, 0.3) is 5.78 Å². The fraction of sp³-hybridized carbons (Fsp3) is 0.100. The van der Waals surface area contributed by atoms with Gasteiger partial charge in [-0.3, -0.25) is 9.98 Å². The smallest absolute Gasteiger partial charge is 0.250 e. The maximum atomic E-state index is 10.4. The van der Waals surface area contributed by atoms with Crippen LogP contribution in [0, 0.1) is 0 Å². The lowest BCUT2D eigenvalue weighted by Gasteiger charge is -2.05. The molecule has 0 amide bonds. The number of rotatable bonds is 6. The van der Waals surface area contributed by atoms with Gasteiger partial charge in [0.15, 0.2) is 0 Å². The molecular weight excluding hydrogens is 354 g/mol. The molecule has 138 valence electrons. The number of fused-ring (bicyclic) bond motifs is 2. The number of allylic oxidation sites excluding steroid dienone is 1. The average molecular weight is 371 g/mol. The highest BCUT2D eigenvalue weighted by molar-refractivity contribution is 6.08. The van der Waals surface area contributed by atoms with Crippen molar-refractivity contribution >= 4 is 34.8 Å². The van der Waals surface area contributed by atoms with Gasteiger partial charge in [0, 0.05) is 36.0 Å². The maximum absolute atomic E-state index is 10.4. The maximum Gasteiger partial charge on any atom is 0.250 e. The molecule has 0 atom stereocenters. The van der Waals surface area contributed by atoms with Crippen molar-refractivity contribution < 1.29 is 4.79 Å². The van der Waals surface area contributed by atoms with Crippen molar-refractivity contribution in [2.24, 2.45) is 10.7 Å². The lowest BCUT2D eigenvalue weighted by atomic mass is 10.1. The largest absolute Gasteiger partial charge is 0.404 e. The molecule has 2 N–H and O–H groups in total. The lowest BCUT2D eigenvalue weighted by Crippen LogP contribution is -2.05. The van der Waals surface area contributed by atoms with E-state index in [9.17, 15) is 4.79 Å². The molecule has 0 fully saturated rings. The van der Waals surface area contributed by atoms with E-state index < -0.39 is 0 Å². The Kier molecular flexibility index (Phi) is 4.83. The van der Waals surface area contributed by atoms with Crippen molar-refractivity contribution in [2.75, 3.05) is 6.54 Å². The van der Waals surface area contributed by atoms with Crippen LogP contribution in [0.15, 0.2) is 60.1 Å². The van der Waals surface area contributed by atoms with E-state index in [0.717, 1.165) is 22.2 Å². The predicted octanol–water partition coefficient (Wildman–Crippen LogP) is 1.83. The first-order chi connectivity index (χ1) is 13.8. The zero-order chi connectivity index (χ0) is 19.3. The number of aldehydes is 1. The second-order valence-corrected chi connectivity index (χ2v) is 6.09. The van der Waals surface area contributed by atoms with E-state index in [1.807, 2.05) is 24.3 Å². The SMILES string of the molecule is NC=C(C=NCC=O)c1cnc2ncc(Cc3ccc4ncccc4c3)n2n1. The monoisotopic (exact) mass is 371 g/mol. The molecule has 28 heavy (non-hydrogen) atoms. The van der Waals surface area contributed by atoms with Crippen LogP contribution < -0.4 is 5.73 Å². The molecule has 0 radical (unpaired) electrons. The van der Waals surface area contributed by atoms with Crippen LogP contribution in [0.3, 0.4) is 0 Å².